The Morgan fingerprint density at radius 2 is 1.04 bits per heavy atom. The van der Waals surface area contributed by atoms with Crippen LogP contribution in [-0.4, -0.2) is 158 Å². The van der Waals surface area contributed by atoms with Gasteiger partial charge in [-0.1, -0.05) is 129 Å². The molecular weight excluding hydrogens is 1170 g/mol. The fourth-order valence-corrected chi connectivity index (χ4v) is 10.3. The first-order chi connectivity index (χ1) is 43.6. The molecule has 0 spiro atoms. The summed E-state index contributed by atoms with van der Waals surface area (Å²) in [5.41, 5.74) is 11.9. The SMILES string of the molecule is CCC(C)CC(=O)C[C@@H](CCCCNC(=O)COCCOCCNC(=O)COCCOCCCC(=O)CCC(NC(=O)CCCCCCCCCCCCCCCCC(=O)O)C(=O)O)C(=O)C(C)[C@@H](CCCCC(=N)N)C(=O)N[C@@H](Cc1ccc(O)cc1)C(N)=O. The number of aromatic hydroxyl groups is 1. The van der Waals surface area contributed by atoms with E-state index in [1.165, 1.54) is 50.7 Å². The Bertz CT molecular complexity index is 2270. The predicted molar refractivity (Wildman–Crippen MR) is 346 cm³/mol. The van der Waals surface area contributed by atoms with Crippen LogP contribution in [0.25, 0.3) is 0 Å². The Kier molecular flexibility index (Phi) is 48.3. The van der Waals surface area contributed by atoms with E-state index in [2.05, 4.69) is 21.3 Å². The molecule has 1 rings (SSSR count). The van der Waals surface area contributed by atoms with Crippen molar-refractivity contribution < 1.29 is 82.2 Å². The number of hydrogen-bond acceptors (Lipinski definition) is 16. The second-order valence-corrected chi connectivity index (χ2v) is 24.1. The molecule has 0 bridgehead atoms. The maximum absolute atomic E-state index is 14.3. The van der Waals surface area contributed by atoms with Gasteiger partial charge in [-0.05, 0) is 75.0 Å². The number of carboxylic acids is 2. The van der Waals surface area contributed by atoms with Crippen LogP contribution >= 0.6 is 0 Å². The Balaban J connectivity index is 2.28. The second kappa shape index (κ2) is 53.2. The monoisotopic (exact) mass is 1290 g/mol. The number of rotatable bonds is 62. The Morgan fingerprint density at radius 1 is 0.516 bits per heavy atom. The topological polar surface area (TPSA) is 392 Å². The molecule has 518 valence electrons. The molecule has 24 heteroatoms. The second-order valence-electron chi connectivity index (χ2n) is 24.1. The summed E-state index contributed by atoms with van der Waals surface area (Å²) >= 11 is 0. The highest BCUT2D eigenvalue weighted by Gasteiger charge is 2.36. The summed E-state index contributed by atoms with van der Waals surface area (Å²) < 4.78 is 21.8. The zero-order chi connectivity index (χ0) is 67.4. The summed E-state index contributed by atoms with van der Waals surface area (Å²) in [5, 5.41) is 46.4. The molecule has 0 heterocycles. The number of phenols is 1. The van der Waals surface area contributed by atoms with E-state index in [1.54, 1.807) is 19.1 Å². The molecule has 6 atom stereocenters. The Morgan fingerprint density at radius 3 is 1.59 bits per heavy atom. The molecule has 0 aromatic heterocycles. The quantitative estimate of drug-likeness (QED) is 0.0169. The smallest absolute Gasteiger partial charge is 0.326 e. The van der Waals surface area contributed by atoms with Gasteiger partial charge in [-0.2, -0.15) is 0 Å². The average Bonchev–Trinajstić information content (AvgIpc) is 1.76. The number of carbonyl (C=O) groups is 10. The number of amidine groups is 1. The van der Waals surface area contributed by atoms with Crippen LogP contribution in [0.5, 0.6) is 5.75 Å². The number of carboxylic acid groups (broad SMARTS) is 2. The molecular formula is C67H113N7O17. The number of ether oxygens (including phenoxy) is 4. The van der Waals surface area contributed by atoms with Crippen LogP contribution in [0.15, 0.2) is 24.3 Å². The van der Waals surface area contributed by atoms with Crippen LogP contribution in [0, 0.1) is 29.1 Å². The molecule has 12 N–H and O–H groups in total. The molecule has 0 fully saturated rings. The summed E-state index contributed by atoms with van der Waals surface area (Å²) in [6.07, 6.45) is 20.2. The molecule has 0 aliphatic carbocycles. The number of benzene rings is 1. The van der Waals surface area contributed by atoms with E-state index in [9.17, 15) is 58.2 Å². The number of ketones is 3. The first-order valence-electron chi connectivity index (χ1n) is 33.5. The minimum Gasteiger partial charge on any atom is -0.508 e. The summed E-state index contributed by atoms with van der Waals surface area (Å²) in [6.45, 7) is 6.85. The first-order valence-corrected chi connectivity index (χ1v) is 33.5. The van der Waals surface area contributed by atoms with Gasteiger partial charge in [0.2, 0.25) is 29.5 Å². The van der Waals surface area contributed by atoms with Crippen molar-refractivity contribution in [1.29, 1.82) is 5.41 Å². The third-order valence-electron chi connectivity index (χ3n) is 16.0. The van der Waals surface area contributed by atoms with Gasteiger partial charge in [-0.25, -0.2) is 4.79 Å². The van der Waals surface area contributed by atoms with Crippen LogP contribution in [0.4, 0.5) is 0 Å². The van der Waals surface area contributed by atoms with Crippen molar-refractivity contribution in [3.63, 3.8) is 0 Å². The third kappa shape index (κ3) is 45.5. The fourth-order valence-electron chi connectivity index (χ4n) is 10.3. The zero-order valence-electron chi connectivity index (χ0n) is 55.0. The summed E-state index contributed by atoms with van der Waals surface area (Å²) in [4.78, 5) is 126. The molecule has 3 unspecified atom stereocenters. The van der Waals surface area contributed by atoms with Gasteiger partial charge in [0.25, 0.3) is 0 Å². The number of carbonyl (C=O) groups excluding carboxylic acids is 8. The number of aliphatic carboxylic acids is 2. The van der Waals surface area contributed by atoms with Gasteiger partial charge in [-0.15, -0.1) is 0 Å². The lowest BCUT2D eigenvalue weighted by Crippen LogP contribution is -2.49. The molecule has 24 nitrogen and oxygen atoms in total. The predicted octanol–water partition coefficient (Wildman–Crippen LogP) is 7.73. The van der Waals surface area contributed by atoms with Gasteiger partial charge in [0.15, 0.2) is 0 Å². The maximum atomic E-state index is 14.3. The van der Waals surface area contributed by atoms with Crippen molar-refractivity contribution >= 4 is 64.7 Å². The highest BCUT2D eigenvalue weighted by atomic mass is 16.5. The van der Waals surface area contributed by atoms with E-state index in [0.29, 0.717) is 69.9 Å². The highest BCUT2D eigenvalue weighted by molar-refractivity contribution is 5.94. The third-order valence-corrected chi connectivity index (χ3v) is 16.0. The minimum atomic E-state index is -1.18. The number of Topliss-reactive ketones (excluding diaryl/α,β-unsaturated/α-hetero) is 3. The number of nitrogens with two attached hydrogens (primary N) is 2. The van der Waals surface area contributed by atoms with Crippen molar-refractivity contribution in [1.82, 2.24) is 21.3 Å². The van der Waals surface area contributed by atoms with E-state index in [4.69, 9.17) is 40.9 Å². The minimum absolute atomic E-state index is 0.00111. The van der Waals surface area contributed by atoms with E-state index >= 15 is 0 Å². The van der Waals surface area contributed by atoms with Gasteiger partial charge in [0, 0.05) is 88.8 Å². The molecule has 0 saturated carbocycles. The number of phenolic OH excluding ortho intramolecular Hbond substituents is 1. The Hall–Kier alpha value is -6.37. The fraction of sp³-hybridized carbons (Fsp3) is 0.746. The van der Waals surface area contributed by atoms with E-state index < -0.39 is 53.6 Å². The number of hydrogen-bond donors (Lipinski definition) is 10. The van der Waals surface area contributed by atoms with Crippen molar-refractivity contribution in [2.24, 2.45) is 35.1 Å². The van der Waals surface area contributed by atoms with E-state index in [1.807, 2.05) is 13.8 Å². The first kappa shape index (κ1) is 82.6. The van der Waals surface area contributed by atoms with E-state index in [-0.39, 0.29) is 163 Å². The van der Waals surface area contributed by atoms with Crippen molar-refractivity contribution in [3.8, 4) is 5.75 Å². The molecule has 0 aliphatic heterocycles. The lowest BCUT2D eigenvalue weighted by Gasteiger charge is -2.28. The van der Waals surface area contributed by atoms with Crippen molar-refractivity contribution in [2.45, 2.75) is 232 Å². The Labute approximate surface area is 540 Å². The van der Waals surface area contributed by atoms with Crippen LogP contribution in [0.3, 0.4) is 0 Å². The largest absolute Gasteiger partial charge is 0.508 e. The lowest BCUT2D eigenvalue weighted by molar-refractivity contribution is -0.142. The lowest BCUT2D eigenvalue weighted by atomic mass is 9.77. The van der Waals surface area contributed by atoms with E-state index in [0.717, 1.165) is 51.4 Å². The maximum Gasteiger partial charge on any atom is 0.326 e. The molecule has 0 radical (unpaired) electrons. The van der Waals surface area contributed by atoms with Gasteiger partial charge < -0.3 is 67.0 Å². The number of primary amides is 1. The number of nitrogens with one attached hydrogen (secondary N) is 5. The molecule has 91 heavy (non-hydrogen) atoms. The van der Waals surface area contributed by atoms with Gasteiger partial charge in [0.1, 0.15) is 48.4 Å². The normalized spacial score (nSPS) is 13.2. The van der Waals surface area contributed by atoms with Crippen LogP contribution in [-0.2, 0) is 73.3 Å². The zero-order valence-corrected chi connectivity index (χ0v) is 55.0. The van der Waals surface area contributed by atoms with Gasteiger partial charge >= 0.3 is 11.9 Å². The molecule has 0 saturated heterocycles. The van der Waals surface area contributed by atoms with Crippen molar-refractivity contribution in [3.05, 3.63) is 29.8 Å². The van der Waals surface area contributed by atoms with Crippen molar-refractivity contribution in [2.75, 3.05) is 65.9 Å². The van der Waals surface area contributed by atoms with Crippen LogP contribution in [0.2, 0.25) is 0 Å². The van der Waals surface area contributed by atoms with Gasteiger partial charge in [-0.3, -0.25) is 48.6 Å². The number of unbranched alkanes of at least 4 members (excludes halogenated alkanes) is 15. The molecule has 0 aliphatic rings. The molecule has 1 aromatic rings. The molecule has 1 aromatic carbocycles. The number of amides is 5. The standard InChI is InChI=1S/C67H113N7O17/c1-4-49(2)44-55(77)46-52(64(83)50(3)56(26-19-20-27-59(68)69)66(85)74-58(65(70)84)45-51-30-32-54(76)33-31-51)24-21-22-36-71-61(79)47-91-43-41-89-39-37-72-62(80)48-90-42-40-88-38-23-25-53(75)34-35-57(67(86)87)73-60(78)28-17-15-13-11-9-7-5-6-8-10-12-14-16-18-29-63(81)82/h30-33,49-50,52,56-58,76H,4-29,34-48H2,1-3H3,(H3,68,69)(H2,70,84)(H,71,79)(H,72,80)(H,73,78)(H,74,85)(H,81,82)(H,86,87)/t49?,50?,52-,56-,57?,58+/m1/s1. The summed E-state index contributed by atoms with van der Waals surface area (Å²) in [6, 6.07) is 3.92. The average molecular weight is 1290 g/mol. The van der Waals surface area contributed by atoms with Crippen LogP contribution < -0.4 is 32.7 Å². The van der Waals surface area contributed by atoms with Crippen LogP contribution in [0.1, 0.15) is 219 Å². The molecule has 5 amide bonds. The highest BCUT2D eigenvalue weighted by Crippen LogP contribution is 2.29. The van der Waals surface area contributed by atoms with Gasteiger partial charge in [0.05, 0.1) is 38.9 Å². The summed E-state index contributed by atoms with van der Waals surface area (Å²) in [5.74, 6) is -6.89. The summed E-state index contributed by atoms with van der Waals surface area (Å²) in [7, 11) is 0.